The second-order valence-electron chi connectivity index (χ2n) is 7.13. The Morgan fingerprint density at radius 3 is 1.37 bits per heavy atom. The highest BCUT2D eigenvalue weighted by molar-refractivity contribution is 6.09. The fourth-order valence-electron chi connectivity index (χ4n) is 3.00. The van der Waals surface area contributed by atoms with Gasteiger partial charge >= 0.3 is 0 Å². The number of carbonyl (C=O) groups is 2. The molecule has 0 radical (unpaired) electrons. The SMILES string of the molecule is Cc1ccc(C(=O)c2ccccc2)cc1.Cc1cccc(C(=O)c2ccccc2)c1. The maximum atomic E-state index is 12.0. The molecule has 2 nitrogen and oxygen atoms in total. The molecule has 4 aromatic carbocycles. The molecule has 0 aliphatic rings. The third-order valence-electron chi connectivity index (χ3n) is 4.67. The topological polar surface area (TPSA) is 34.1 Å². The molecule has 0 saturated carbocycles. The minimum absolute atomic E-state index is 0.0793. The molecule has 0 aliphatic carbocycles. The first-order chi connectivity index (χ1) is 14.5. The van der Waals surface area contributed by atoms with Crippen molar-refractivity contribution in [1.82, 2.24) is 0 Å². The molecule has 0 N–H and O–H groups in total. The van der Waals surface area contributed by atoms with Gasteiger partial charge in [-0.25, -0.2) is 0 Å². The maximum Gasteiger partial charge on any atom is 0.193 e. The van der Waals surface area contributed by atoms with Crippen molar-refractivity contribution in [2.45, 2.75) is 13.8 Å². The molecule has 0 atom stereocenters. The van der Waals surface area contributed by atoms with Crippen LogP contribution in [-0.4, -0.2) is 11.6 Å². The predicted octanol–water partition coefficient (Wildman–Crippen LogP) is 6.45. The number of rotatable bonds is 4. The Hall–Kier alpha value is -3.78. The maximum absolute atomic E-state index is 12.0. The van der Waals surface area contributed by atoms with E-state index in [4.69, 9.17) is 0 Å². The molecule has 30 heavy (non-hydrogen) atoms. The van der Waals surface area contributed by atoms with Gasteiger partial charge in [0.15, 0.2) is 11.6 Å². The van der Waals surface area contributed by atoms with Crippen LogP contribution in [-0.2, 0) is 0 Å². The van der Waals surface area contributed by atoms with Crippen LogP contribution in [0.4, 0.5) is 0 Å². The average Bonchev–Trinajstić information content (AvgIpc) is 2.80. The zero-order valence-corrected chi connectivity index (χ0v) is 17.2. The molecule has 0 heterocycles. The molecule has 0 amide bonds. The summed E-state index contributed by atoms with van der Waals surface area (Å²) in [5, 5.41) is 0. The number of carbonyl (C=O) groups excluding carboxylic acids is 2. The quantitative estimate of drug-likeness (QED) is 0.374. The minimum Gasteiger partial charge on any atom is -0.289 e. The summed E-state index contributed by atoms with van der Waals surface area (Å²) in [6.45, 7) is 4.00. The van der Waals surface area contributed by atoms with Crippen LogP contribution in [0.5, 0.6) is 0 Å². The van der Waals surface area contributed by atoms with Crippen molar-refractivity contribution in [1.29, 1.82) is 0 Å². The highest BCUT2D eigenvalue weighted by Crippen LogP contribution is 2.11. The molecule has 2 heteroatoms. The van der Waals surface area contributed by atoms with Crippen molar-refractivity contribution < 1.29 is 9.59 Å². The summed E-state index contributed by atoms with van der Waals surface area (Å²) in [7, 11) is 0. The van der Waals surface area contributed by atoms with Gasteiger partial charge in [0.05, 0.1) is 0 Å². The summed E-state index contributed by atoms with van der Waals surface area (Å²) in [6.07, 6.45) is 0. The van der Waals surface area contributed by atoms with E-state index in [1.54, 1.807) is 0 Å². The number of hydrogen-bond donors (Lipinski definition) is 0. The molecule has 148 valence electrons. The lowest BCUT2D eigenvalue weighted by molar-refractivity contribution is 0.103. The van der Waals surface area contributed by atoms with Crippen molar-refractivity contribution in [3.63, 3.8) is 0 Å². The first kappa shape index (κ1) is 20.9. The van der Waals surface area contributed by atoms with Gasteiger partial charge in [0.25, 0.3) is 0 Å². The lowest BCUT2D eigenvalue weighted by Crippen LogP contribution is -2.00. The molecule has 0 aromatic heterocycles. The van der Waals surface area contributed by atoms with Crippen LogP contribution in [0.2, 0.25) is 0 Å². The fourth-order valence-corrected chi connectivity index (χ4v) is 3.00. The molecule has 0 saturated heterocycles. The summed E-state index contributed by atoms with van der Waals surface area (Å²) in [6, 6.07) is 34.0. The van der Waals surface area contributed by atoms with Crippen LogP contribution >= 0.6 is 0 Å². The van der Waals surface area contributed by atoms with E-state index >= 15 is 0 Å². The molecular weight excluding hydrogens is 368 g/mol. The predicted molar refractivity (Wildman–Crippen MR) is 122 cm³/mol. The second kappa shape index (κ2) is 10.1. The first-order valence-electron chi connectivity index (χ1n) is 9.87. The molecule has 0 fully saturated rings. The van der Waals surface area contributed by atoms with Crippen molar-refractivity contribution in [3.05, 3.63) is 143 Å². The normalized spacial score (nSPS) is 9.93. The van der Waals surface area contributed by atoms with E-state index < -0.39 is 0 Å². The van der Waals surface area contributed by atoms with Crippen LogP contribution in [0.3, 0.4) is 0 Å². The van der Waals surface area contributed by atoms with E-state index in [1.165, 1.54) is 5.56 Å². The van der Waals surface area contributed by atoms with Gasteiger partial charge in [0, 0.05) is 22.3 Å². The first-order valence-corrected chi connectivity index (χ1v) is 9.87. The number of benzene rings is 4. The lowest BCUT2D eigenvalue weighted by atomic mass is 10.0. The third-order valence-corrected chi connectivity index (χ3v) is 4.67. The molecule has 4 rings (SSSR count). The second-order valence-corrected chi connectivity index (χ2v) is 7.13. The molecule has 4 aromatic rings. The van der Waals surface area contributed by atoms with Gasteiger partial charge in [-0.05, 0) is 19.9 Å². The molecule has 0 bridgehead atoms. The zero-order valence-electron chi connectivity index (χ0n) is 17.2. The number of aryl methyl sites for hydroxylation is 2. The Balaban J connectivity index is 0.000000171. The Morgan fingerprint density at radius 1 is 0.433 bits per heavy atom. The van der Waals surface area contributed by atoms with E-state index in [0.29, 0.717) is 0 Å². The summed E-state index contributed by atoms with van der Waals surface area (Å²) < 4.78 is 0. The fraction of sp³-hybridized carbons (Fsp3) is 0.0714. The van der Waals surface area contributed by atoms with Crippen molar-refractivity contribution in [3.8, 4) is 0 Å². The molecule has 0 aliphatic heterocycles. The van der Waals surface area contributed by atoms with Gasteiger partial charge in [-0.3, -0.25) is 9.59 Å². The van der Waals surface area contributed by atoms with E-state index in [9.17, 15) is 9.59 Å². The van der Waals surface area contributed by atoms with Crippen molar-refractivity contribution >= 4 is 11.6 Å². The van der Waals surface area contributed by atoms with Gasteiger partial charge in [-0.15, -0.1) is 0 Å². The summed E-state index contributed by atoms with van der Waals surface area (Å²) >= 11 is 0. The van der Waals surface area contributed by atoms with Crippen LogP contribution in [0.15, 0.2) is 109 Å². The Labute approximate surface area is 177 Å². The van der Waals surface area contributed by atoms with Crippen molar-refractivity contribution in [2.75, 3.05) is 0 Å². The van der Waals surface area contributed by atoms with Gasteiger partial charge in [-0.1, -0.05) is 114 Å². The highest BCUT2D eigenvalue weighted by atomic mass is 16.1. The van der Waals surface area contributed by atoms with E-state index in [0.717, 1.165) is 27.8 Å². The van der Waals surface area contributed by atoms with Gasteiger partial charge < -0.3 is 0 Å². The Bertz CT molecular complexity index is 1110. The molecule has 0 spiro atoms. The Morgan fingerprint density at radius 2 is 0.867 bits per heavy atom. The van der Waals surface area contributed by atoms with Crippen LogP contribution in [0.25, 0.3) is 0 Å². The zero-order chi connectivity index (χ0) is 21.3. The molecular formula is C28H24O2. The summed E-state index contributed by atoms with van der Waals surface area (Å²) in [4.78, 5) is 24.0. The van der Waals surface area contributed by atoms with E-state index in [1.807, 2.05) is 123 Å². The average molecular weight is 392 g/mol. The largest absolute Gasteiger partial charge is 0.289 e. The highest BCUT2D eigenvalue weighted by Gasteiger charge is 2.08. The monoisotopic (exact) mass is 392 g/mol. The van der Waals surface area contributed by atoms with Crippen molar-refractivity contribution in [2.24, 2.45) is 0 Å². The van der Waals surface area contributed by atoms with Crippen LogP contribution in [0.1, 0.15) is 43.0 Å². The van der Waals surface area contributed by atoms with Gasteiger partial charge in [0.2, 0.25) is 0 Å². The van der Waals surface area contributed by atoms with Crippen LogP contribution < -0.4 is 0 Å². The van der Waals surface area contributed by atoms with Gasteiger partial charge in [-0.2, -0.15) is 0 Å². The van der Waals surface area contributed by atoms with E-state index in [2.05, 4.69) is 0 Å². The lowest BCUT2D eigenvalue weighted by Gasteiger charge is -2.01. The smallest absolute Gasteiger partial charge is 0.193 e. The standard InChI is InChI=1S/2C14H12O/c1-11-6-5-9-13(10-11)14(15)12-7-3-2-4-8-12;1-11-7-9-13(10-8-11)14(15)12-5-3-2-4-6-12/h2*2-10H,1H3. The Kier molecular flexibility index (Phi) is 7.07. The molecule has 0 unspecified atom stereocenters. The van der Waals surface area contributed by atoms with Gasteiger partial charge in [0.1, 0.15) is 0 Å². The third kappa shape index (κ3) is 5.62. The minimum atomic E-state index is 0.0793. The summed E-state index contributed by atoms with van der Waals surface area (Å²) in [5.41, 5.74) is 5.24. The number of hydrogen-bond acceptors (Lipinski definition) is 2. The van der Waals surface area contributed by atoms with Crippen LogP contribution in [0, 0.1) is 13.8 Å². The number of ketones is 2. The van der Waals surface area contributed by atoms with E-state index in [-0.39, 0.29) is 11.6 Å². The summed E-state index contributed by atoms with van der Waals surface area (Å²) in [5.74, 6) is 0.162.